The second kappa shape index (κ2) is 6.11. The predicted octanol–water partition coefficient (Wildman–Crippen LogP) is 4.49. The molecule has 10 heteroatoms. The van der Waals surface area contributed by atoms with Crippen molar-refractivity contribution >= 4 is 23.2 Å². The van der Waals surface area contributed by atoms with Gasteiger partial charge in [0.1, 0.15) is 0 Å². The van der Waals surface area contributed by atoms with Gasteiger partial charge in [-0.15, -0.1) is 0 Å². The Balaban J connectivity index is 3.07. The predicted molar refractivity (Wildman–Crippen MR) is 63.4 cm³/mol. The van der Waals surface area contributed by atoms with Crippen LogP contribution in [0.3, 0.4) is 0 Å². The van der Waals surface area contributed by atoms with Crippen LogP contribution in [0.15, 0.2) is 30.3 Å². The average Bonchev–Trinajstić information content (AvgIpc) is 2.37. The van der Waals surface area contributed by atoms with Crippen LogP contribution in [0.25, 0.3) is 0 Å². The second-order valence-corrected chi connectivity index (χ2v) is 10.3. The minimum atomic E-state index is -6.81. The van der Waals surface area contributed by atoms with E-state index in [9.17, 15) is 39.5 Å². The van der Waals surface area contributed by atoms with Crippen LogP contribution < -0.4 is 3.61 Å². The third-order valence-corrected chi connectivity index (χ3v) is 8.10. The number of hydrogen-bond acceptors (Lipinski definition) is 0. The van der Waals surface area contributed by atoms with Gasteiger partial charge in [0.15, 0.2) is 0 Å². The van der Waals surface area contributed by atoms with Gasteiger partial charge in [-0.3, -0.25) is 0 Å². The average molecular weight is 453 g/mol. The summed E-state index contributed by atoms with van der Waals surface area (Å²) < 4.78 is 113. The van der Waals surface area contributed by atoms with Gasteiger partial charge in [0, 0.05) is 0 Å². The van der Waals surface area contributed by atoms with Crippen molar-refractivity contribution in [2.75, 3.05) is 0 Å². The first-order valence-corrected chi connectivity index (χ1v) is 10.8. The molecular weight excluding hydrogens is 443 g/mol. The van der Waals surface area contributed by atoms with Gasteiger partial charge in [-0.25, -0.2) is 0 Å². The van der Waals surface area contributed by atoms with Crippen molar-refractivity contribution in [1.82, 2.24) is 0 Å². The summed E-state index contributed by atoms with van der Waals surface area (Å²) in [5, 5.41) is 0. The first-order chi connectivity index (χ1) is 9.74. The van der Waals surface area contributed by atoms with Crippen LogP contribution in [0, 0.1) is 0 Å². The van der Waals surface area contributed by atoms with Gasteiger partial charge in [0.25, 0.3) is 0 Å². The molecular formula is C12H10F9Te+. The van der Waals surface area contributed by atoms with Gasteiger partial charge < -0.3 is 0 Å². The maximum atomic E-state index is 13.5. The van der Waals surface area contributed by atoms with Crippen LogP contribution in [0.2, 0.25) is 9.44 Å². The van der Waals surface area contributed by atoms with Crippen LogP contribution in [0.4, 0.5) is 39.5 Å². The number of rotatable bonds is 5. The van der Waals surface area contributed by atoms with E-state index in [-0.39, 0.29) is 3.61 Å². The van der Waals surface area contributed by atoms with Gasteiger partial charge in [-0.05, 0) is 0 Å². The molecule has 0 saturated heterocycles. The molecule has 0 bridgehead atoms. The van der Waals surface area contributed by atoms with E-state index in [0.29, 0.717) is 0 Å². The fourth-order valence-electron chi connectivity index (χ4n) is 1.51. The first kappa shape index (κ1) is 19.4. The van der Waals surface area contributed by atoms with E-state index < -0.39 is 48.0 Å². The summed E-state index contributed by atoms with van der Waals surface area (Å²) in [6, 6.07) is 7.11. The zero-order valence-corrected chi connectivity index (χ0v) is 13.2. The fraction of sp³-hybridized carbons (Fsp3) is 0.500. The Morgan fingerprint density at radius 2 is 1.23 bits per heavy atom. The molecule has 0 aliphatic heterocycles. The summed E-state index contributed by atoms with van der Waals surface area (Å²) in [7, 11) is 0. The molecule has 1 rings (SSSR count). The number of halogens is 9. The summed E-state index contributed by atoms with van der Waals surface area (Å²) in [6.45, 7) is 0. The normalized spacial score (nSPS) is 14.5. The monoisotopic (exact) mass is 455 g/mol. The van der Waals surface area contributed by atoms with Crippen molar-refractivity contribution in [1.29, 1.82) is 0 Å². The Morgan fingerprint density at radius 1 is 0.773 bits per heavy atom. The molecule has 0 atom stereocenters. The molecule has 1 aromatic carbocycles. The van der Waals surface area contributed by atoms with E-state index in [2.05, 4.69) is 0 Å². The molecule has 0 aliphatic rings. The minimum absolute atomic E-state index is 0.289. The zero-order chi connectivity index (χ0) is 17.4. The van der Waals surface area contributed by atoms with Crippen molar-refractivity contribution in [3.05, 3.63) is 30.3 Å². The van der Waals surface area contributed by atoms with E-state index in [4.69, 9.17) is 0 Å². The van der Waals surface area contributed by atoms with Crippen LogP contribution in [-0.2, 0) is 0 Å². The molecule has 1 aromatic rings. The summed E-state index contributed by atoms with van der Waals surface area (Å²) in [4.78, 5) is 1.20. The summed E-state index contributed by atoms with van der Waals surface area (Å²) in [6.07, 6.45) is -6.76. The molecule has 0 nitrogen and oxygen atoms in total. The molecule has 0 amide bonds. The molecule has 126 valence electrons. The van der Waals surface area contributed by atoms with Crippen molar-refractivity contribution < 1.29 is 39.5 Å². The molecule has 0 radical (unpaired) electrons. The molecule has 22 heavy (non-hydrogen) atoms. The molecule has 0 N–H and O–H groups in total. The molecule has 0 spiro atoms. The first-order valence-electron chi connectivity index (χ1n) is 5.62. The third kappa shape index (κ3) is 3.48. The molecule has 0 heterocycles. The standard InChI is InChI=1S/C12H10F9Te/c1-22(8-5-3-2-4-6-8)7-9(13,14)10(15,16)11(17,18)12(19,20)21/h2-6H,7H2,1H3/q+1. The van der Waals surface area contributed by atoms with Crippen LogP contribution in [0.1, 0.15) is 0 Å². The van der Waals surface area contributed by atoms with Crippen LogP contribution >= 0.6 is 0 Å². The maximum absolute atomic E-state index is 13.5. The quantitative estimate of drug-likeness (QED) is 0.456. The molecule has 0 aromatic heterocycles. The summed E-state index contributed by atoms with van der Waals surface area (Å²) in [5.74, 6) is -18.8. The van der Waals surface area contributed by atoms with Gasteiger partial charge in [0.2, 0.25) is 0 Å². The Labute approximate surface area is 126 Å². The number of hydrogen-bond donors (Lipinski definition) is 0. The zero-order valence-electron chi connectivity index (χ0n) is 10.9. The van der Waals surface area contributed by atoms with Crippen LogP contribution in [0.5, 0.6) is 0 Å². The Kier molecular flexibility index (Phi) is 5.40. The van der Waals surface area contributed by atoms with E-state index in [1.807, 2.05) is 0 Å². The van der Waals surface area contributed by atoms with Crippen LogP contribution in [-0.4, -0.2) is 43.5 Å². The fourth-order valence-corrected chi connectivity index (χ4v) is 5.83. The van der Waals surface area contributed by atoms with Crippen molar-refractivity contribution in [2.45, 2.75) is 33.4 Å². The van der Waals surface area contributed by atoms with E-state index in [1.165, 1.54) is 35.3 Å². The summed E-state index contributed by atoms with van der Waals surface area (Å²) >= 11 is -3.18. The Morgan fingerprint density at radius 3 is 1.64 bits per heavy atom. The van der Waals surface area contributed by atoms with Crippen molar-refractivity contribution in [2.24, 2.45) is 0 Å². The third-order valence-electron chi connectivity index (χ3n) is 2.75. The SMILES string of the molecule is C[Te+](CC(F)(F)C(F)(F)C(F)(F)C(F)(F)F)c1ccccc1. The molecule has 0 saturated carbocycles. The van der Waals surface area contributed by atoms with E-state index >= 15 is 0 Å². The molecule has 0 aliphatic carbocycles. The second-order valence-electron chi connectivity index (χ2n) is 4.45. The van der Waals surface area contributed by atoms with Gasteiger partial charge >= 0.3 is 126 Å². The van der Waals surface area contributed by atoms with E-state index in [1.54, 1.807) is 0 Å². The Bertz CT molecular complexity index is 495. The number of alkyl halides is 9. The topological polar surface area (TPSA) is 0 Å². The van der Waals surface area contributed by atoms with Gasteiger partial charge in [-0.2, -0.15) is 0 Å². The van der Waals surface area contributed by atoms with Gasteiger partial charge in [-0.1, -0.05) is 0 Å². The molecule has 0 fully saturated rings. The Hall–Kier alpha value is -0.620. The van der Waals surface area contributed by atoms with Gasteiger partial charge in [0.05, 0.1) is 0 Å². The molecule has 0 unspecified atom stereocenters. The number of benzene rings is 1. The van der Waals surface area contributed by atoms with Crippen molar-refractivity contribution in [3.63, 3.8) is 0 Å². The summed E-state index contributed by atoms with van der Waals surface area (Å²) in [5.41, 5.74) is 0. The van der Waals surface area contributed by atoms with Crippen molar-refractivity contribution in [3.8, 4) is 0 Å². The van der Waals surface area contributed by atoms with E-state index in [0.717, 1.165) is 0 Å².